The molecule has 4 aromatic heterocycles. The van der Waals surface area contributed by atoms with Crippen LogP contribution in [0.1, 0.15) is 0 Å². The van der Waals surface area contributed by atoms with E-state index in [1.807, 2.05) is 12.1 Å². The molecule has 5 aromatic rings. The number of anilines is 3. The number of pyridine rings is 2. The molecule has 202 valence electrons. The van der Waals surface area contributed by atoms with Gasteiger partial charge in [0.05, 0.1) is 6.54 Å². The molecular weight excluding hydrogens is 506 g/mol. The number of hydrogen-bond acceptors (Lipinski definition) is 8. The first-order valence-electron chi connectivity index (χ1n) is 13.1. The van der Waals surface area contributed by atoms with E-state index in [9.17, 15) is 9.59 Å². The largest absolute Gasteiger partial charge is 0.369 e. The molecule has 1 N–H and O–H groups in total. The van der Waals surface area contributed by atoms with E-state index in [2.05, 4.69) is 50.8 Å². The van der Waals surface area contributed by atoms with E-state index < -0.39 is 0 Å². The first-order valence-corrected chi connectivity index (χ1v) is 13.1. The van der Waals surface area contributed by atoms with E-state index in [4.69, 9.17) is 4.98 Å². The average molecular weight is 536 g/mol. The van der Waals surface area contributed by atoms with Gasteiger partial charge < -0.3 is 15.1 Å². The summed E-state index contributed by atoms with van der Waals surface area (Å²) >= 11 is 0. The molecule has 1 saturated heterocycles. The summed E-state index contributed by atoms with van der Waals surface area (Å²) in [5, 5.41) is 3.58. The zero-order chi connectivity index (χ0) is 27.6. The minimum atomic E-state index is -0.290. The summed E-state index contributed by atoms with van der Waals surface area (Å²) in [6.07, 6.45) is 4.74. The SMILES string of the molecule is C=CCn1c(=O)c2cnc(Nc3ccc(N4CCN(C)CC4)cc3)nc2n1-c1cccc(=O)n1-c1ccccn1. The molecule has 1 aliphatic heterocycles. The second-order valence-corrected chi connectivity index (χ2v) is 9.63. The van der Waals surface area contributed by atoms with Gasteiger partial charge in [0.2, 0.25) is 5.95 Å². The van der Waals surface area contributed by atoms with Gasteiger partial charge in [-0.2, -0.15) is 4.98 Å². The van der Waals surface area contributed by atoms with Crippen molar-refractivity contribution in [3.63, 3.8) is 0 Å². The van der Waals surface area contributed by atoms with Crippen molar-refractivity contribution >= 4 is 28.4 Å². The summed E-state index contributed by atoms with van der Waals surface area (Å²) in [5.74, 6) is 1.17. The number of rotatable bonds is 7. The van der Waals surface area contributed by atoms with Gasteiger partial charge in [-0.3, -0.25) is 9.59 Å². The first kappa shape index (κ1) is 25.3. The lowest BCUT2D eigenvalue weighted by Gasteiger charge is -2.34. The maximum Gasteiger partial charge on any atom is 0.278 e. The minimum Gasteiger partial charge on any atom is -0.369 e. The monoisotopic (exact) mass is 535 g/mol. The van der Waals surface area contributed by atoms with E-state index in [1.165, 1.54) is 27.2 Å². The summed E-state index contributed by atoms with van der Waals surface area (Å²) in [6, 6.07) is 18.3. The summed E-state index contributed by atoms with van der Waals surface area (Å²) in [5.41, 5.74) is 1.77. The Morgan fingerprint density at radius 3 is 2.48 bits per heavy atom. The molecule has 0 spiro atoms. The highest BCUT2D eigenvalue weighted by molar-refractivity contribution is 5.77. The van der Waals surface area contributed by atoms with Crippen LogP contribution in [0.2, 0.25) is 0 Å². The van der Waals surface area contributed by atoms with Gasteiger partial charge in [0.25, 0.3) is 11.1 Å². The van der Waals surface area contributed by atoms with Gasteiger partial charge in [-0.05, 0) is 49.5 Å². The molecule has 11 nitrogen and oxygen atoms in total. The fourth-order valence-electron chi connectivity index (χ4n) is 4.92. The van der Waals surface area contributed by atoms with Crippen LogP contribution in [0.5, 0.6) is 0 Å². The lowest BCUT2D eigenvalue weighted by molar-refractivity contribution is 0.313. The van der Waals surface area contributed by atoms with E-state index in [-0.39, 0.29) is 17.7 Å². The third-order valence-corrected chi connectivity index (χ3v) is 7.00. The second kappa shape index (κ2) is 10.6. The highest BCUT2D eigenvalue weighted by Crippen LogP contribution is 2.23. The third kappa shape index (κ3) is 4.67. The number of nitrogens with one attached hydrogen (secondary N) is 1. The highest BCUT2D eigenvalue weighted by Gasteiger charge is 2.20. The smallest absolute Gasteiger partial charge is 0.278 e. The van der Waals surface area contributed by atoms with Gasteiger partial charge >= 0.3 is 0 Å². The summed E-state index contributed by atoms with van der Waals surface area (Å²) in [4.78, 5) is 44.7. The zero-order valence-corrected chi connectivity index (χ0v) is 22.1. The number of nitrogens with zero attached hydrogens (tertiary/aromatic N) is 8. The molecule has 1 aromatic carbocycles. The van der Waals surface area contributed by atoms with Crippen molar-refractivity contribution in [1.82, 2.24) is 33.8 Å². The summed E-state index contributed by atoms with van der Waals surface area (Å²) in [7, 11) is 2.14. The van der Waals surface area contributed by atoms with Crippen molar-refractivity contribution in [2.45, 2.75) is 6.54 Å². The molecule has 0 radical (unpaired) electrons. The molecule has 6 rings (SSSR count). The number of aromatic nitrogens is 6. The van der Waals surface area contributed by atoms with Crippen LogP contribution in [0.3, 0.4) is 0 Å². The van der Waals surface area contributed by atoms with E-state index in [0.717, 1.165) is 31.9 Å². The van der Waals surface area contributed by atoms with Gasteiger partial charge in [-0.15, -0.1) is 6.58 Å². The Balaban J connectivity index is 1.41. The average Bonchev–Trinajstić information content (AvgIpc) is 3.24. The van der Waals surface area contributed by atoms with Gasteiger partial charge in [-0.25, -0.2) is 23.9 Å². The highest BCUT2D eigenvalue weighted by atomic mass is 16.1. The topological polar surface area (TPSA) is 106 Å². The summed E-state index contributed by atoms with van der Waals surface area (Å²) in [6.45, 7) is 8.07. The van der Waals surface area contributed by atoms with E-state index in [0.29, 0.717) is 28.6 Å². The molecule has 1 aliphatic rings. The third-order valence-electron chi connectivity index (χ3n) is 7.00. The van der Waals surface area contributed by atoms with E-state index >= 15 is 0 Å². The molecule has 5 heterocycles. The normalized spacial score (nSPS) is 14.0. The number of benzene rings is 1. The zero-order valence-electron chi connectivity index (χ0n) is 22.1. The Bertz CT molecular complexity index is 1780. The molecular formula is C29H29N9O2. The maximum atomic E-state index is 13.4. The number of allylic oxidation sites excluding steroid dienone is 1. The van der Waals surface area contributed by atoms with Crippen molar-refractivity contribution in [2.75, 3.05) is 43.4 Å². The maximum absolute atomic E-state index is 13.4. The lowest BCUT2D eigenvalue weighted by Crippen LogP contribution is -2.44. The Morgan fingerprint density at radius 2 is 1.75 bits per heavy atom. The number of likely N-dealkylation sites (N-methyl/N-ethyl adjacent to an activating group) is 1. The van der Waals surface area contributed by atoms with Crippen molar-refractivity contribution in [3.05, 3.63) is 106 Å². The molecule has 11 heteroatoms. The predicted molar refractivity (Wildman–Crippen MR) is 156 cm³/mol. The molecule has 0 unspecified atom stereocenters. The molecule has 0 aliphatic carbocycles. The van der Waals surface area contributed by atoms with Gasteiger partial charge in [0.1, 0.15) is 17.0 Å². The fraction of sp³-hybridized carbons (Fsp3) is 0.207. The van der Waals surface area contributed by atoms with Crippen molar-refractivity contribution in [1.29, 1.82) is 0 Å². The van der Waals surface area contributed by atoms with Crippen LogP contribution in [-0.4, -0.2) is 67.0 Å². The Kier molecular flexibility index (Phi) is 6.71. The number of hydrogen-bond donors (Lipinski definition) is 1. The minimum absolute atomic E-state index is 0.205. The predicted octanol–water partition coefficient (Wildman–Crippen LogP) is 2.81. The lowest BCUT2D eigenvalue weighted by atomic mass is 10.2. The van der Waals surface area contributed by atoms with Crippen LogP contribution in [0.25, 0.3) is 22.7 Å². The quantitative estimate of drug-likeness (QED) is 0.317. The summed E-state index contributed by atoms with van der Waals surface area (Å²) < 4.78 is 4.55. The van der Waals surface area contributed by atoms with Crippen LogP contribution >= 0.6 is 0 Å². The number of fused-ring (bicyclic) bond motifs is 1. The second-order valence-electron chi connectivity index (χ2n) is 9.63. The molecule has 1 fully saturated rings. The molecule has 40 heavy (non-hydrogen) atoms. The van der Waals surface area contributed by atoms with Crippen LogP contribution in [0.4, 0.5) is 17.3 Å². The van der Waals surface area contributed by atoms with Crippen LogP contribution in [-0.2, 0) is 6.54 Å². The van der Waals surface area contributed by atoms with Crippen molar-refractivity contribution in [3.8, 4) is 11.6 Å². The molecule has 0 amide bonds. The first-order chi connectivity index (χ1) is 19.5. The van der Waals surface area contributed by atoms with Gasteiger partial charge in [0, 0.05) is 56.0 Å². The van der Waals surface area contributed by atoms with Gasteiger partial charge in [0.15, 0.2) is 5.65 Å². The Hall–Kier alpha value is -5.03. The Morgan fingerprint density at radius 1 is 0.950 bits per heavy atom. The fourth-order valence-corrected chi connectivity index (χ4v) is 4.92. The molecule has 0 atom stereocenters. The van der Waals surface area contributed by atoms with Crippen molar-refractivity contribution in [2.24, 2.45) is 0 Å². The van der Waals surface area contributed by atoms with Crippen LogP contribution in [0, 0.1) is 0 Å². The molecule has 0 saturated carbocycles. The standard InChI is InChI=1S/C29H29N9O2/c1-3-15-36-28(40)23-20-31-29(32-21-10-12-22(13-11-21)35-18-16-34(2)17-19-35)33-27(23)38(36)25-8-6-9-26(39)37(25)24-7-4-5-14-30-24/h3-14,20H,1,15-19H2,2H3,(H,31,32,33). The number of piperazine rings is 1. The van der Waals surface area contributed by atoms with Crippen LogP contribution < -0.4 is 21.3 Å². The van der Waals surface area contributed by atoms with Gasteiger partial charge in [-0.1, -0.05) is 18.2 Å². The van der Waals surface area contributed by atoms with Crippen molar-refractivity contribution < 1.29 is 0 Å². The van der Waals surface area contributed by atoms with E-state index in [1.54, 1.807) is 47.3 Å². The van der Waals surface area contributed by atoms with Crippen LogP contribution in [0.15, 0.2) is 95.3 Å². The Labute approximate surface area is 230 Å². The molecule has 0 bridgehead atoms.